The quantitative estimate of drug-likeness (QED) is 0.805. The summed E-state index contributed by atoms with van der Waals surface area (Å²) in [6.45, 7) is 6.06. The van der Waals surface area contributed by atoms with Gasteiger partial charge in [-0.25, -0.2) is 0 Å². The maximum Gasteiger partial charge on any atom is 0.229 e. The molecule has 0 saturated carbocycles. The van der Waals surface area contributed by atoms with Gasteiger partial charge in [0.25, 0.3) is 0 Å². The lowest BCUT2D eigenvalue weighted by atomic mass is 10.2. The van der Waals surface area contributed by atoms with Gasteiger partial charge in [0.1, 0.15) is 5.82 Å². The molecule has 4 nitrogen and oxygen atoms in total. The van der Waals surface area contributed by atoms with Gasteiger partial charge in [-0.2, -0.15) is 0 Å². The summed E-state index contributed by atoms with van der Waals surface area (Å²) in [5.74, 6) is 1.11. The summed E-state index contributed by atoms with van der Waals surface area (Å²) in [4.78, 5) is 4.24. The highest BCUT2D eigenvalue weighted by Crippen LogP contribution is 2.23. The van der Waals surface area contributed by atoms with Crippen LogP contribution in [0.1, 0.15) is 31.3 Å². The van der Waals surface area contributed by atoms with Crippen LogP contribution in [0, 0.1) is 6.92 Å². The minimum Gasteiger partial charge on any atom is -0.268 e. The fourth-order valence-electron chi connectivity index (χ4n) is 1.59. The van der Waals surface area contributed by atoms with Gasteiger partial charge < -0.3 is 0 Å². The first-order valence-electron chi connectivity index (χ1n) is 5.14. The molecule has 2 aromatic rings. The third-order valence-corrected chi connectivity index (χ3v) is 2.63. The summed E-state index contributed by atoms with van der Waals surface area (Å²) in [5, 5.41) is 8.37. The van der Waals surface area contributed by atoms with Crippen LogP contribution in [0.5, 0.6) is 0 Å². The predicted octanol–water partition coefficient (Wildman–Crippen LogP) is 2.75. The number of aromatic nitrogens is 4. The number of rotatable bonds is 2. The van der Waals surface area contributed by atoms with Crippen LogP contribution in [-0.2, 0) is 0 Å². The molecule has 5 heteroatoms. The molecule has 0 saturated heterocycles. The molecule has 2 aromatic heterocycles. The number of pyridine rings is 1. The summed E-state index contributed by atoms with van der Waals surface area (Å²) < 4.78 is 1.84. The number of aryl methyl sites for hydroxylation is 1. The highest BCUT2D eigenvalue weighted by molar-refractivity contribution is 6.28. The van der Waals surface area contributed by atoms with Gasteiger partial charge in [-0.1, -0.05) is 13.8 Å². The monoisotopic (exact) mass is 236 g/mol. The van der Waals surface area contributed by atoms with Crippen LogP contribution < -0.4 is 0 Å². The topological polar surface area (TPSA) is 43.6 Å². The molecule has 0 aliphatic heterocycles. The lowest BCUT2D eigenvalue weighted by Crippen LogP contribution is -2.05. The number of halogens is 1. The molecule has 0 aromatic carbocycles. The maximum absolute atomic E-state index is 6.06. The van der Waals surface area contributed by atoms with Crippen molar-refractivity contribution >= 4 is 11.6 Å². The standard InChI is InChI=1S/C11H13ClN4/c1-7(2)10-14-15-11(12)16(10)9-5-4-6-13-8(9)3/h4-7H,1-3H3. The van der Waals surface area contributed by atoms with Crippen molar-refractivity contribution in [3.8, 4) is 5.69 Å². The van der Waals surface area contributed by atoms with Crippen molar-refractivity contribution in [2.24, 2.45) is 0 Å². The highest BCUT2D eigenvalue weighted by Gasteiger charge is 2.16. The second kappa shape index (κ2) is 4.22. The van der Waals surface area contributed by atoms with E-state index in [4.69, 9.17) is 11.6 Å². The first kappa shape index (κ1) is 11.1. The highest BCUT2D eigenvalue weighted by atomic mass is 35.5. The van der Waals surface area contributed by atoms with Crippen LogP contribution in [0.25, 0.3) is 5.69 Å². The zero-order valence-corrected chi connectivity index (χ0v) is 10.2. The Kier molecular flexibility index (Phi) is 2.92. The van der Waals surface area contributed by atoms with E-state index < -0.39 is 0 Å². The molecule has 0 atom stereocenters. The van der Waals surface area contributed by atoms with E-state index in [0.717, 1.165) is 17.2 Å². The van der Waals surface area contributed by atoms with Crippen LogP contribution in [0.3, 0.4) is 0 Å². The van der Waals surface area contributed by atoms with Crippen LogP contribution in [-0.4, -0.2) is 19.7 Å². The molecule has 2 heterocycles. The molecule has 0 spiro atoms. The number of nitrogens with zero attached hydrogens (tertiary/aromatic N) is 4. The van der Waals surface area contributed by atoms with E-state index in [0.29, 0.717) is 5.28 Å². The number of hydrogen-bond donors (Lipinski definition) is 0. The van der Waals surface area contributed by atoms with Gasteiger partial charge in [0.2, 0.25) is 5.28 Å². The third kappa shape index (κ3) is 1.80. The second-order valence-electron chi connectivity index (χ2n) is 3.93. The van der Waals surface area contributed by atoms with Crippen molar-refractivity contribution in [3.63, 3.8) is 0 Å². The summed E-state index contributed by atoms with van der Waals surface area (Å²) in [6.07, 6.45) is 1.76. The molecule has 16 heavy (non-hydrogen) atoms. The average molecular weight is 237 g/mol. The van der Waals surface area contributed by atoms with Crippen LogP contribution in [0.4, 0.5) is 0 Å². The maximum atomic E-state index is 6.06. The Morgan fingerprint density at radius 3 is 2.69 bits per heavy atom. The first-order chi connectivity index (χ1) is 7.61. The molecular formula is C11H13ClN4. The van der Waals surface area contributed by atoms with E-state index in [2.05, 4.69) is 29.0 Å². The van der Waals surface area contributed by atoms with Gasteiger partial charge in [0.05, 0.1) is 11.4 Å². The molecular weight excluding hydrogens is 224 g/mol. The first-order valence-corrected chi connectivity index (χ1v) is 5.52. The van der Waals surface area contributed by atoms with Crippen molar-refractivity contribution in [2.75, 3.05) is 0 Å². The van der Waals surface area contributed by atoms with Crippen molar-refractivity contribution in [1.29, 1.82) is 0 Å². The lowest BCUT2D eigenvalue weighted by Gasteiger charge is -2.11. The van der Waals surface area contributed by atoms with Gasteiger partial charge in [0.15, 0.2) is 0 Å². The van der Waals surface area contributed by atoms with Crippen molar-refractivity contribution in [1.82, 2.24) is 19.7 Å². The zero-order valence-electron chi connectivity index (χ0n) is 9.48. The molecule has 0 unspecified atom stereocenters. The van der Waals surface area contributed by atoms with Gasteiger partial charge >= 0.3 is 0 Å². The van der Waals surface area contributed by atoms with Gasteiger partial charge in [-0.15, -0.1) is 10.2 Å². The summed E-state index contributed by atoms with van der Waals surface area (Å²) >= 11 is 6.06. The van der Waals surface area contributed by atoms with Gasteiger partial charge in [-0.05, 0) is 30.7 Å². The zero-order chi connectivity index (χ0) is 11.7. The molecule has 0 aliphatic carbocycles. The van der Waals surface area contributed by atoms with Crippen LogP contribution in [0.15, 0.2) is 18.3 Å². The van der Waals surface area contributed by atoms with E-state index in [-0.39, 0.29) is 5.92 Å². The molecule has 0 amide bonds. The lowest BCUT2D eigenvalue weighted by molar-refractivity contribution is 0.742. The SMILES string of the molecule is Cc1ncccc1-n1c(Cl)nnc1C(C)C. The molecule has 2 rings (SSSR count). The normalized spacial score (nSPS) is 11.1. The summed E-state index contributed by atoms with van der Waals surface area (Å²) in [6, 6.07) is 3.84. The van der Waals surface area contributed by atoms with E-state index in [1.165, 1.54) is 0 Å². The Balaban J connectivity index is 2.64. The van der Waals surface area contributed by atoms with Crippen molar-refractivity contribution in [2.45, 2.75) is 26.7 Å². The second-order valence-corrected chi connectivity index (χ2v) is 4.26. The Labute approximate surface area is 99.3 Å². The smallest absolute Gasteiger partial charge is 0.229 e. The van der Waals surface area contributed by atoms with Gasteiger partial charge in [-0.3, -0.25) is 9.55 Å². The van der Waals surface area contributed by atoms with Crippen molar-refractivity contribution in [3.05, 3.63) is 35.1 Å². The van der Waals surface area contributed by atoms with Crippen molar-refractivity contribution < 1.29 is 0 Å². The van der Waals surface area contributed by atoms with Gasteiger partial charge in [0, 0.05) is 12.1 Å². The minimum atomic E-state index is 0.264. The van der Waals surface area contributed by atoms with Crippen LogP contribution in [0.2, 0.25) is 5.28 Å². The molecule has 0 N–H and O–H groups in total. The minimum absolute atomic E-state index is 0.264. The fourth-order valence-corrected chi connectivity index (χ4v) is 1.80. The Hall–Kier alpha value is -1.42. The Morgan fingerprint density at radius 2 is 2.06 bits per heavy atom. The van der Waals surface area contributed by atoms with Crippen LogP contribution >= 0.6 is 11.6 Å². The number of hydrogen-bond acceptors (Lipinski definition) is 3. The average Bonchev–Trinajstić information content (AvgIpc) is 2.61. The fraction of sp³-hybridized carbons (Fsp3) is 0.364. The Bertz CT molecular complexity index is 504. The summed E-state index contributed by atoms with van der Waals surface area (Å²) in [5.41, 5.74) is 1.84. The third-order valence-electron chi connectivity index (χ3n) is 2.38. The summed E-state index contributed by atoms with van der Waals surface area (Å²) in [7, 11) is 0. The molecule has 0 radical (unpaired) electrons. The Morgan fingerprint density at radius 1 is 1.31 bits per heavy atom. The van der Waals surface area contributed by atoms with E-state index in [9.17, 15) is 0 Å². The predicted molar refractivity (Wildman–Crippen MR) is 63.0 cm³/mol. The molecule has 84 valence electrons. The largest absolute Gasteiger partial charge is 0.268 e. The van der Waals surface area contributed by atoms with E-state index >= 15 is 0 Å². The van der Waals surface area contributed by atoms with E-state index in [1.807, 2.05) is 23.6 Å². The molecule has 0 bridgehead atoms. The molecule has 0 fully saturated rings. The molecule has 0 aliphatic rings. The van der Waals surface area contributed by atoms with E-state index in [1.54, 1.807) is 6.20 Å².